The third kappa shape index (κ3) is 3.99. The van der Waals surface area contributed by atoms with Gasteiger partial charge in [0.15, 0.2) is 6.29 Å². The minimum Gasteiger partial charge on any atom is -0.469 e. The number of aryl methyl sites for hydroxylation is 1. The minimum absolute atomic E-state index is 0.0309. The average Bonchev–Trinajstić information content (AvgIpc) is 2.66. The summed E-state index contributed by atoms with van der Waals surface area (Å²) in [6.45, 7) is 1.85. The Morgan fingerprint density at radius 1 is 1.47 bits per heavy atom. The average molecular weight is 255 g/mol. The molecule has 92 valence electrons. The van der Waals surface area contributed by atoms with Crippen LogP contribution in [0.2, 0.25) is 0 Å². The van der Waals surface area contributed by atoms with E-state index in [9.17, 15) is 14.4 Å². The van der Waals surface area contributed by atoms with Crippen LogP contribution in [0.1, 0.15) is 28.1 Å². The maximum Gasteiger partial charge on any atom is 0.306 e. The zero-order valence-electron chi connectivity index (χ0n) is 9.61. The molecule has 0 spiro atoms. The molecule has 6 heteroatoms. The maximum absolute atomic E-state index is 11.5. The van der Waals surface area contributed by atoms with Crippen LogP contribution in [0, 0.1) is 6.92 Å². The van der Waals surface area contributed by atoms with Crippen molar-refractivity contribution in [2.45, 2.75) is 19.8 Å². The second-order valence-corrected chi connectivity index (χ2v) is 4.64. The monoisotopic (exact) mass is 255 g/mol. The lowest BCUT2D eigenvalue weighted by atomic mass is 10.3. The van der Waals surface area contributed by atoms with E-state index in [0.29, 0.717) is 16.9 Å². The molecule has 0 atom stereocenters. The number of amides is 1. The second-order valence-electron chi connectivity index (χ2n) is 3.38. The summed E-state index contributed by atoms with van der Waals surface area (Å²) < 4.78 is 4.43. The molecule has 0 aliphatic carbocycles. The Kier molecular flexibility index (Phi) is 4.84. The van der Waals surface area contributed by atoms with Gasteiger partial charge in [-0.05, 0) is 13.0 Å². The van der Waals surface area contributed by atoms with Gasteiger partial charge in [0.25, 0.3) is 0 Å². The molecule has 0 aromatic carbocycles. The normalized spacial score (nSPS) is 9.76. The second kappa shape index (κ2) is 6.15. The molecule has 0 radical (unpaired) electrons. The first kappa shape index (κ1) is 13.4. The molecule has 1 N–H and O–H groups in total. The lowest BCUT2D eigenvalue weighted by molar-refractivity contribution is -0.141. The molecule has 5 nitrogen and oxygen atoms in total. The van der Waals surface area contributed by atoms with Gasteiger partial charge < -0.3 is 10.1 Å². The van der Waals surface area contributed by atoms with E-state index in [1.807, 2.05) is 6.92 Å². The smallest absolute Gasteiger partial charge is 0.306 e. The highest BCUT2D eigenvalue weighted by Gasteiger charge is 2.11. The predicted octanol–water partition coefficient (Wildman–Crippen LogP) is 1.76. The quantitative estimate of drug-likeness (QED) is 0.642. The van der Waals surface area contributed by atoms with Crippen molar-refractivity contribution in [1.29, 1.82) is 0 Å². The number of carbonyl (C=O) groups excluding carboxylic acids is 3. The van der Waals surface area contributed by atoms with E-state index in [1.165, 1.54) is 18.4 Å². The number of hydrogen-bond acceptors (Lipinski definition) is 5. The van der Waals surface area contributed by atoms with Crippen molar-refractivity contribution in [2.24, 2.45) is 0 Å². The third-order valence-electron chi connectivity index (χ3n) is 2.05. The number of nitrogens with one attached hydrogen (secondary N) is 1. The van der Waals surface area contributed by atoms with Crippen LogP contribution in [0.3, 0.4) is 0 Å². The number of aldehydes is 1. The van der Waals surface area contributed by atoms with Gasteiger partial charge in [-0.1, -0.05) is 0 Å². The fourth-order valence-corrected chi connectivity index (χ4v) is 2.12. The molecule has 0 saturated heterocycles. The Hall–Kier alpha value is -1.69. The van der Waals surface area contributed by atoms with Gasteiger partial charge in [-0.3, -0.25) is 14.4 Å². The summed E-state index contributed by atoms with van der Waals surface area (Å²) in [5, 5.41) is 3.12. The largest absolute Gasteiger partial charge is 0.469 e. The number of thiophene rings is 1. The molecule has 17 heavy (non-hydrogen) atoms. The van der Waals surface area contributed by atoms with Crippen molar-refractivity contribution in [1.82, 2.24) is 0 Å². The lowest BCUT2D eigenvalue weighted by Gasteiger charge is -2.02. The van der Waals surface area contributed by atoms with Crippen LogP contribution in [-0.2, 0) is 14.3 Å². The molecule has 1 rings (SSSR count). The highest BCUT2D eigenvalue weighted by molar-refractivity contribution is 7.16. The summed E-state index contributed by atoms with van der Waals surface area (Å²) in [5.41, 5.74) is 0.457. The minimum atomic E-state index is -0.432. The summed E-state index contributed by atoms with van der Waals surface area (Å²) in [6.07, 6.45) is 0.768. The lowest BCUT2D eigenvalue weighted by Crippen LogP contribution is -2.13. The summed E-state index contributed by atoms with van der Waals surface area (Å²) >= 11 is 1.33. The van der Waals surface area contributed by atoms with Gasteiger partial charge in [-0.15, -0.1) is 11.3 Å². The standard InChI is InChI=1S/C11H13NO4S/c1-7-5-8(6-13)11(17-7)12-9(14)3-4-10(15)16-2/h5-6H,3-4H2,1-2H3,(H,12,14). The van der Waals surface area contributed by atoms with Crippen molar-refractivity contribution >= 4 is 34.5 Å². The third-order valence-corrected chi connectivity index (χ3v) is 3.03. The van der Waals surface area contributed by atoms with E-state index in [4.69, 9.17) is 0 Å². The van der Waals surface area contributed by atoms with Crippen molar-refractivity contribution in [3.63, 3.8) is 0 Å². The number of hydrogen-bond donors (Lipinski definition) is 1. The van der Waals surface area contributed by atoms with Crippen molar-refractivity contribution in [3.05, 3.63) is 16.5 Å². The zero-order chi connectivity index (χ0) is 12.8. The molecular formula is C11H13NO4S. The maximum atomic E-state index is 11.5. The molecule has 0 aliphatic rings. The van der Waals surface area contributed by atoms with Crippen LogP contribution in [0.25, 0.3) is 0 Å². The number of ether oxygens (including phenoxy) is 1. The van der Waals surface area contributed by atoms with Crippen LogP contribution in [-0.4, -0.2) is 25.3 Å². The van der Waals surface area contributed by atoms with Gasteiger partial charge in [0, 0.05) is 16.9 Å². The molecule has 1 heterocycles. The first-order chi connectivity index (χ1) is 8.06. The topological polar surface area (TPSA) is 72.5 Å². The SMILES string of the molecule is COC(=O)CCC(=O)Nc1sc(C)cc1C=O. The van der Waals surface area contributed by atoms with Gasteiger partial charge in [-0.2, -0.15) is 0 Å². The van der Waals surface area contributed by atoms with Crippen molar-refractivity contribution < 1.29 is 19.1 Å². The molecule has 1 amide bonds. The first-order valence-electron chi connectivity index (χ1n) is 4.99. The zero-order valence-corrected chi connectivity index (χ0v) is 10.4. The van der Waals surface area contributed by atoms with E-state index in [0.717, 1.165) is 4.88 Å². The molecular weight excluding hydrogens is 242 g/mol. The molecule has 0 aliphatic heterocycles. The summed E-state index contributed by atoms with van der Waals surface area (Å²) in [6, 6.07) is 1.70. The van der Waals surface area contributed by atoms with Crippen LogP contribution in [0.5, 0.6) is 0 Å². The highest BCUT2D eigenvalue weighted by Crippen LogP contribution is 2.26. The Labute approximate surface area is 103 Å². The van der Waals surface area contributed by atoms with Crippen LogP contribution in [0.4, 0.5) is 5.00 Å². The van der Waals surface area contributed by atoms with E-state index >= 15 is 0 Å². The molecule has 0 unspecified atom stereocenters. The Balaban J connectivity index is 2.55. The Morgan fingerprint density at radius 3 is 2.76 bits per heavy atom. The summed E-state index contributed by atoms with van der Waals surface area (Å²) in [5.74, 6) is -0.738. The predicted molar refractivity (Wildman–Crippen MR) is 64.3 cm³/mol. The van der Waals surface area contributed by atoms with Crippen LogP contribution >= 0.6 is 11.3 Å². The van der Waals surface area contributed by atoms with Gasteiger partial charge >= 0.3 is 5.97 Å². The van der Waals surface area contributed by atoms with Crippen molar-refractivity contribution in [2.75, 3.05) is 12.4 Å². The fraction of sp³-hybridized carbons (Fsp3) is 0.364. The highest BCUT2D eigenvalue weighted by atomic mass is 32.1. The number of anilines is 1. The number of methoxy groups -OCH3 is 1. The van der Waals surface area contributed by atoms with Gasteiger partial charge in [0.2, 0.25) is 5.91 Å². The fourth-order valence-electron chi connectivity index (χ4n) is 1.23. The van der Waals surface area contributed by atoms with Crippen LogP contribution in [0.15, 0.2) is 6.07 Å². The van der Waals surface area contributed by atoms with Gasteiger partial charge in [0.05, 0.1) is 13.5 Å². The number of carbonyl (C=O) groups is 3. The molecule has 0 saturated carbocycles. The van der Waals surface area contributed by atoms with Crippen molar-refractivity contribution in [3.8, 4) is 0 Å². The van der Waals surface area contributed by atoms with Gasteiger partial charge in [-0.25, -0.2) is 0 Å². The van der Waals surface area contributed by atoms with E-state index in [2.05, 4.69) is 10.1 Å². The van der Waals surface area contributed by atoms with E-state index < -0.39 is 5.97 Å². The first-order valence-corrected chi connectivity index (χ1v) is 5.80. The van der Waals surface area contributed by atoms with Crippen LogP contribution < -0.4 is 5.32 Å². The van der Waals surface area contributed by atoms with E-state index in [-0.39, 0.29) is 18.7 Å². The Morgan fingerprint density at radius 2 is 2.18 bits per heavy atom. The molecule has 0 bridgehead atoms. The summed E-state index contributed by atoms with van der Waals surface area (Å²) in [7, 11) is 1.27. The van der Waals surface area contributed by atoms with Gasteiger partial charge in [0.1, 0.15) is 5.00 Å². The molecule has 0 fully saturated rings. The molecule has 1 aromatic rings. The molecule has 1 aromatic heterocycles. The Bertz CT molecular complexity index is 439. The number of rotatable bonds is 5. The van der Waals surface area contributed by atoms with E-state index in [1.54, 1.807) is 6.07 Å². The summed E-state index contributed by atoms with van der Waals surface area (Å²) in [4.78, 5) is 34.0. The number of esters is 1.